The molecule has 1 fully saturated rings. The van der Waals surface area contributed by atoms with E-state index in [9.17, 15) is 4.39 Å². The van der Waals surface area contributed by atoms with Gasteiger partial charge >= 0.3 is 0 Å². The summed E-state index contributed by atoms with van der Waals surface area (Å²) in [5, 5.41) is 6.63. The highest BCUT2D eigenvalue weighted by atomic mass is 79.9. The third-order valence-corrected chi connectivity index (χ3v) is 3.01. The summed E-state index contributed by atoms with van der Waals surface area (Å²) in [6, 6.07) is 5.16. The van der Waals surface area contributed by atoms with Gasteiger partial charge in [0.25, 0.3) is 0 Å². The number of hydrogen-bond donors (Lipinski definition) is 2. The topological polar surface area (TPSA) is 24.1 Å². The molecule has 0 aromatic heterocycles. The van der Waals surface area contributed by atoms with Gasteiger partial charge in [-0.2, -0.15) is 0 Å². The molecule has 2 nitrogen and oxygen atoms in total. The minimum absolute atomic E-state index is 0.216. The van der Waals surface area contributed by atoms with E-state index in [1.165, 1.54) is 12.1 Å². The smallest absolute Gasteiger partial charge is 0.124 e. The maximum absolute atomic E-state index is 12.8. The second-order valence-electron chi connectivity index (χ2n) is 3.46. The molecule has 1 atom stereocenters. The van der Waals surface area contributed by atoms with Gasteiger partial charge in [-0.05, 0) is 47.1 Å². The molecule has 0 bridgehead atoms. The Hall–Kier alpha value is -0.610. The van der Waals surface area contributed by atoms with E-state index in [0.29, 0.717) is 6.04 Å². The van der Waals surface area contributed by atoms with Gasteiger partial charge in [-0.3, -0.25) is 0 Å². The summed E-state index contributed by atoms with van der Waals surface area (Å²) in [4.78, 5) is 0. The van der Waals surface area contributed by atoms with Crippen LogP contribution in [0.4, 0.5) is 10.1 Å². The van der Waals surface area contributed by atoms with E-state index >= 15 is 0 Å². The highest BCUT2D eigenvalue weighted by Crippen LogP contribution is 2.24. The molecule has 2 rings (SSSR count). The van der Waals surface area contributed by atoms with Crippen LogP contribution in [0, 0.1) is 5.82 Å². The average Bonchev–Trinajstić information content (AvgIpc) is 2.62. The number of benzene rings is 1. The summed E-state index contributed by atoms with van der Waals surface area (Å²) in [5.74, 6) is -0.216. The second kappa shape index (κ2) is 4.28. The van der Waals surface area contributed by atoms with Gasteiger partial charge in [0.1, 0.15) is 5.82 Å². The molecule has 1 aliphatic rings. The Morgan fingerprint density at radius 2 is 2.36 bits per heavy atom. The van der Waals surface area contributed by atoms with Crippen molar-refractivity contribution in [2.45, 2.75) is 12.5 Å². The van der Waals surface area contributed by atoms with Gasteiger partial charge in [0.05, 0.1) is 0 Å². The number of rotatable bonds is 2. The average molecular weight is 259 g/mol. The molecule has 0 saturated carbocycles. The Balaban J connectivity index is 2.08. The van der Waals surface area contributed by atoms with Gasteiger partial charge < -0.3 is 10.6 Å². The van der Waals surface area contributed by atoms with Crippen LogP contribution < -0.4 is 10.6 Å². The Morgan fingerprint density at radius 1 is 1.50 bits per heavy atom. The minimum atomic E-state index is -0.216. The highest BCUT2D eigenvalue weighted by molar-refractivity contribution is 9.10. The fraction of sp³-hybridized carbons (Fsp3) is 0.400. The summed E-state index contributed by atoms with van der Waals surface area (Å²) in [6.07, 6.45) is 1.11. The number of anilines is 1. The SMILES string of the molecule is Fc1ccc(NC2CCNC2)c(Br)c1. The van der Waals surface area contributed by atoms with E-state index in [4.69, 9.17) is 0 Å². The Kier molecular flexibility index (Phi) is 3.03. The van der Waals surface area contributed by atoms with Crippen molar-refractivity contribution in [3.63, 3.8) is 0 Å². The predicted molar refractivity (Wildman–Crippen MR) is 59.0 cm³/mol. The molecule has 1 aliphatic heterocycles. The molecule has 1 aromatic carbocycles. The molecule has 0 aliphatic carbocycles. The third-order valence-electron chi connectivity index (χ3n) is 2.35. The quantitative estimate of drug-likeness (QED) is 0.852. The van der Waals surface area contributed by atoms with Crippen LogP contribution >= 0.6 is 15.9 Å². The molecule has 0 radical (unpaired) electrons. The maximum Gasteiger partial charge on any atom is 0.124 e. The van der Waals surface area contributed by atoms with Gasteiger partial charge in [0.15, 0.2) is 0 Å². The number of hydrogen-bond acceptors (Lipinski definition) is 2. The highest BCUT2D eigenvalue weighted by Gasteiger charge is 2.14. The third kappa shape index (κ3) is 2.25. The lowest BCUT2D eigenvalue weighted by molar-refractivity contribution is 0.627. The Bertz CT molecular complexity index is 324. The van der Waals surface area contributed by atoms with Gasteiger partial charge in [0.2, 0.25) is 0 Å². The fourth-order valence-electron chi connectivity index (χ4n) is 1.60. The van der Waals surface area contributed by atoms with Gasteiger partial charge in [-0.15, -0.1) is 0 Å². The van der Waals surface area contributed by atoms with Crippen molar-refractivity contribution in [3.05, 3.63) is 28.5 Å². The van der Waals surface area contributed by atoms with Crippen molar-refractivity contribution >= 4 is 21.6 Å². The molecular weight excluding hydrogens is 247 g/mol. The summed E-state index contributed by atoms with van der Waals surface area (Å²) in [6.45, 7) is 2.03. The van der Waals surface area contributed by atoms with E-state index in [1.54, 1.807) is 6.07 Å². The summed E-state index contributed by atoms with van der Waals surface area (Å²) >= 11 is 3.33. The van der Waals surface area contributed by atoms with Crippen LogP contribution in [0.1, 0.15) is 6.42 Å². The first-order chi connectivity index (χ1) is 6.75. The first kappa shape index (κ1) is 9.93. The molecule has 1 heterocycles. The lowest BCUT2D eigenvalue weighted by Crippen LogP contribution is -2.22. The van der Waals surface area contributed by atoms with Gasteiger partial charge in [-0.1, -0.05) is 0 Å². The van der Waals surface area contributed by atoms with E-state index in [2.05, 4.69) is 26.6 Å². The van der Waals surface area contributed by atoms with Crippen LogP contribution in [0.3, 0.4) is 0 Å². The van der Waals surface area contributed by atoms with Crippen LogP contribution in [0.15, 0.2) is 22.7 Å². The van der Waals surface area contributed by atoms with Gasteiger partial charge in [-0.25, -0.2) is 4.39 Å². The molecule has 1 unspecified atom stereocenters. The standard InChI is InChI=1S/C10H12BrFN2/c11-9-5-7(12)1-2-10(9)14-8-3-4-13-6-8/h1-2,5,8,13-14H,3-4,6H2. The first-order valence-corrected chi connectivity index (χ1v) is 5.47. The van der Waals surface area contributed by atoms with Crippen molar-refractivity contribution in [3.8, 4) is 0 Å². The lowest BCUT2D eigenvalue weighted by atomic mass is 10.2. The number of halogens is 2. The van der Waals surface area contributed by atoms with E-state index in [-0.39, 0.29) is 5.82 Å². The monoisotopic (exact) mass is 258 g/mol. The van der Waals surface area contributed by atoms with Crippen LogP contribution in [0.5, 0.6) is 0 Å². The molecule has 0 spiro atoms. The van der Waals surface area contributed by atoms with Crippen LogP contribution in [-0.2, 0) is 0 Å². The first-order valence-electron chi connectivity index (χ1n) is 4.68. The molecule has 14 heavy (non-hydrogen) atoms. The number of nitrogens with one attached hydrogen (secondary N) is 2. The van der Waals surface area contributed by atoms with Crippen molar-refractivity contribution in [2.24, 2.45) is 0 Å². The largest absolute Gasteiger partial charge is 0.380 e. The predicted octanol–water partition coefficient (Wildman–Crippen LogP) is 2.36. The molecule has 1 saturated heterocycles. The minimum Gasteiger partial charge on any atom is -0.380 e. The zero-order chi connectivity index (χ0) is 9.97. The van der Waals surface area contributed by atoms with E-state index in [1.807, 2.05) is 0 Å². The summed E-state index contributed by atoms with van der Waals surface area (Å²) < 4.78 is 13.6. The summed E-state index contributed by atoms with van der Waals surface area (Å²) in [5.41, 5.74) is 0.958. The Morgan fingerprint density at radius 3 is 3.00 bits per heavy atom. The normalized spacial score (nSPS) is 21.1. The van der Waals surface area contributed by atoms with Crippen molar-refractivity contribution in [1.82, 2.24) is 5.32 Å². The lowest BCUT2D eigenvalue weighted by Gasteiger charge is -2.14. The van der Waals surface area contributed by atoms with Crippen molar-refractivity contribution in [1.29, 1.82) is 0 Å². The van der Waals surface area contributed by atoms with Gasteiger partial charge in [0, 0.05) is 22.7 Å². The van der Waals surface area contributed by atoms with E-state index in [0.717, 1.165) is 29.7 Å². The molecule has 76 valence electrons. The molecule has 4 heteroatoms. The van der Waals surface area contributed by atoms with Crippen LogP contribution in [0.25, 0.3) is 0 Å². The fourth-order valence-corrected chi connectivity index (χ4v) is 2.07. The van der Waals surface area contributed by atoms with Crippen LogP contribution in [0.2, 0.25) is 0 Å². The molecule has 2 N–H and O–H groups in total. The van der Waals surface area contributed by atoms with Crippen LogP contribution in [-0.4, -0.2) is 19.1 Å². The Labute approximate surface area is 91.0 Å². The van der Waals surface area contributed by atoms with Crippen molar-refractivity contribution in [2.75, 3.05) is 18.4 Å². The molecular formula is C10H12BrFN2. The maximum atomic E-state index is 12.8. The molecule has 1 aromatic rings. The zero-order valence-corrected chi connectivity index (χ0v) is 9.27. The second-order valence-corrected chi connectivity index (χ2v) is 4.31. The molecule has 0 amide bonds. The summed E-state index contributed by atoms with van der Waals surface area (Å²) in [7, 11) is 0. The zero-order valence-electron chi connectivity index (χ0n) is 7.69. The van der Waals surface area contributed by atoms with Crippen molar-refractivity contribution < 1.29 is 4.39 Å². The van der Waals surface area contributed by atoms with E-state index < -0.39 is 0 Å².